The molecule has 7 heteroatoms. The molecule has 0 bridgehead atoms. The number of hydrogen-bond acceptors (Lipinski definition) is 6. The Hall–Kier alpha value is -2.41. The molecular weight excluding hydrogens is 290 g/mol. The van der Waals surface area contributed by atoms with Gasteiger partial charge in [0, 0.05) is 5.92 Å². The number of carbonyl (C=O) groups is 1. The second kappa shape index (κ2) is 4.85. The molecule has 4 rings (SSSR count). The van der Waals surface area contributed by atoms with Crippen LogP contribution < -0.4 is 5.32 Å². The van der Waals surface area contributed by atoms with Gasteiger partial charge in [0.05, 0.1) is 17.5 Å². The van der Waals surface area contributed by atoms with Gasteiger partial charge in [-0.15, -0.1) is 11.3 Å². The number of amides is 1. The minimum absolute atomic E-state index is 0.231. The molecule has 0 aromatic carbocycles. The SMILES string of the molecule is O=C(Nc1ccsc1-c1nc(C2CC2)no1)c1ccoc1. The topological polar surface area (TPSA) is 81.2 Å². The number of hydrogen-bond donors (Lipinski definition) is 1. The summed E-state index contributed by atoms with van der Waals surface area (Å²) >= 11 is 1.45. The summed E-state index contributed by atoms with van der Waals surface area (Å²) in [6.45, 7) is 0. The van der Waals surface area contributed by atoms with Crippen molar-refractivity contribution in [2.75, 3.05) is 5.32 Å². The summed E-state index contributed by atoms with van der Waals surface area (Å²) in [5, 5.41) is 8.70. The van der Waals surface area contributed by atoms with Gasteiger partial charge in [-0.2, -0.15) is 4.98 Å². The van der Waals surface area contributed by atoms with Crippen LogP contribution in [0.2, 0.25) is 0 Å². The number of rotatable bonds is 4. The van der Waals surface area contributed by atoms with E-state index in [1.54, 1.807) is 6.07 Å². The zero-order valence-electron chi connectivity index (χ0n) is 10.9. The van der Waals surface area contributed by atoms with Crippen LogP contribution in [-0.4, -0.2) is 16.0 Å². The Bertz CT molecular complexity index is 771. The van der Waals surface area contributed by atoms with Gasteiger partial charge in [-0.25, -0.2) is 0 Å². The number of carbonyl (C=O) groups excluding carboxylic acids is 1. The predicted molar refractivity (Wildman–Crippen MR) is 76.2 cm³/mol. The molecule has 0 aliphatic heterocycles. The van der Waals surface area contributed by atoms with Crippen LogP contribution in [0.1, 0.15) is 34.9 Å². The van der Waals surface area contributed by atoms with Crippen molar-refractivity contribution in [2.24, 2.45) is 0 Å². The molecule has 0 unspecified atom stereocenters. The number of thiophene rings is 1. The zero-order chi connectivity index (χ0) is 14.2. The lowest BCUT2D eigenvalue weighted by atomic mass is 10.3. The average molecular weight is 301 g/mol. The summed E-state index contributed by atoms with van der Waals surface area (Å²) in [7, 11) is 0. The van der Waals surface area contributed by atoms with Crippen LogP contribution in [0.15, 0.2) is 39.0 Å². The first kappa shape index (κ1) is 12.3. The van der Waals surface area contributed by atoms with Crippen molar-refractivity contribution >= 4 is 22.9 Å². The van der Waals surface area contributed by atoms with Crippen LogP contribution in [0.25, 0.3) is 10.8 Å². The Kier molecular flexibility index (Phi) is 2.85. The van der Waals surface area contributed by atoms with E-state index in [0.717, 1.165) is 23.5 Å². The first-order valence-corrected chi connectivity index (χ1v) is 7.44. The lowest BCUT2D eigenvalue weighted by Crippen LogP contribution is -2.10. The van der Waals surface area contributed by atoms with Gasteiger partial charge in [-0.1, -0.05) is 5.16 Å². The number of furan rings is 1. The van der Waals surface area contributed by atoms with E-state index in [0.29, 0.717) is 23.1 Å². The molecule has 6 nitrogen and oxygen atoms in total. The van der Waals surface area contributed by atoms with Crippen LogP contribution in [0.4, 0.5) is 5.69 Å². The Balaban J connectivity index is 1.59. The molecule has 0 radical (unpaired) electrons. The molecule has 21 heavy (non-hydrogen) atoms. The Morgan fingerprint density at radius 3 is 3.05 bits per heavy atom. The second-order valence-electron chi connectivity index (χ2n) is 4.86. The summed E-state index contributed by atoms with van der Waals surface area (Å²) in [6.07, 6.45) is 5.10. The summed E-state index contributed by atoms with van der Waals surface area (Å²) in [5.74, 6) is 1.41. The molecule has 3 heterocycles. The van der Waals surface area contributed by atoms with Crippen molar-refractivity contribution in [2.45, 2.75) is 18.8 Å². The van der Waals surface area contributed by atoms with E-state index in [1.165, 1.54) is 23.9 Å². The van der Waals surface area contributed by atoms with Crippen molar-refractivity contribution < 1.29 is 13.7 Å². The minimum atomic E-state index is -0.231. The molecule has 106 valence electrons. The van der Waals surface area contributed by atoms with E-state index in [1.807, 2.05) is 11.4 Å². The zero-order valence-corrected chi connectivity index (χ0v) is 11.7. The van der Waals surface area contributed by atoms with Crippen molar-refractivity contribution in [3.63, 3.8) is 0 Å². The number of aromatic nitrogens is 2. The van der Waals surface area contributed by atoms with Gasteiger partial charge < -0.3 is 14.3 Å². The third kappa shape index (κ3) is 2.36. The summed E-state index contributed by atoms with van der Waals surface area (Å²) < 4.78 is 10.2. The normalized spacial score (nSPS) is 14.3. The number of nitrogens with one attached hydrogen (secondary N) is 1. The Morgan fingerprint density at radius 2 is 2.29 bits per heavy atom. The van der Waals surface area contributed by atoms with Crippen LogP contribution >= 0.6 is 11.3 Å². The number of nitrogens with zero attached hydrogens (tertiary/aromatic N) is 2. The summed E-state index contributed by atoms with van der Waals surface area (Å²) in [4.78, 5) is 17.2. The fourth-order valence-corrected chi connectivity index (χ4v) is 2.77. The maximum atomic E-state index is 12.0. The molecule has 0 spiro atoms. The van der Waals surface area contributed by atoms with Crippen molar-refractivity contribution in [1.29, 1.82) is 0 Å². The standard InChI is InChI=1S/C14H11N3O3S/c18-13(9-3-5-19-7-9)15-10-4-6-21-11(10)14-16-12(17-20-14)8-1-2-8/h3-8H,1-2H2,(H,15,18). The third-order valence-electron chi connectivity index (χ3n) is 3.28. The molecule has 1 saturated carbocycles. The van der Waals surface area contributed by atoms with Gasteiger partial charge in [-0.05, 0) is 30.4 Å². The van der Waals surface area contributed by atoms with Gasteiger partial charge in [0.1, 0.15) is 11.1 Å². The van der Waals surface area contributed by atoms with Crippen LogP contribution in [0.3, 0.4) is 0 Å². The van der Waals surface area contributed by atoms with Gasteiger partial charge in [0.15, 0.2) is 5.82 Å². The van der Waals surface area contributed by atoms with E-state index in [4.69, 9.17) is 8.94 Å². The van der Waals surface area contributed by atoms with Crippen molar-refractivity contribution in [1.82, 2.24) is 10.1 Å². The highest BCUT2D eigenvalue weighted by Gasteiger charge is 2.29. The lowest BCUT2D eigenvalue weighted by molar-refractivity contribution is 0.102. The fourth-order valence-electron chi connectivity index (χ4n) is 2.00. The molecule has 1 fully saturated rings. The second-order valence-corrected chi connectivity index (χ2v) is 5.78. The molecule has 1 aliphatic rings. The van der Waals surface area contributed by atoms with Crippen molar-refractivity contribution in [3.05, 3.63) is 41.4 Å². The lowest BCUT2D eigenvalue weighted by Gasteiger charge is -2.02. The quantitative estimate of drug-likeness (QED) is 0.797. The highest BCUT2D eigenvalue weighted by Crippen LogP contribution is 2.40. The van der Waals surface area contributed by atoms with Gasteiger partial charge in [0.25, 0.3) is 11.8 Å². The Morgan fingerprint density at radius 1 is 1.38 bits per heavy atom. The molecule has 3 aromatic rings. The van der Waals surface area contributed by atoms with E-state index in [-0.39, 0.29) is 5.91 Å². The molecule has 3 aromatic heterocycles. The summed E-state index contributed by atoms with van der Waals surface area (Å²) in [5.41, 5.74) is 1.13. The highest BCUT2D eigenvalue weighted by molar-refractivity contribution is 7.14. The first-order chi connectivity index (χ1) is 10.3. The molecular formula is C14H11N3O3S. The monoisotopic (exact) mass is 301 g/mol. The predicted octanol–water partition coefficient (Wildman–Crippen LogP) is 3.52. The van der Waals surface area contributed by atoms with E-state index < -0.39 is 0 Å². The molecule has 1 aliphatic carbocycles. The minimum Gasteiger partial charge on any atom is -0.472 e. The van der Waals surface area contributed by atoms with Crippen LogP contribution in [0.5, 0.6) is 0 Å². The molecule has 1 amide bonds. The van der Waals surface area contributed by atoms with E-state index in [9.17, 15) is 4.79 Å². The Labute approximate surface area is 123 Å². The molecule has 1 N–H and O–H groups in total. The largest absolute Gasteiger partial charge is 0.472 e. The first-order valence-electron chi connectivity index (χ1n) is 6.56. The van der Waals surface area contributed by atoms with Gasteiger partial charge in [-0.3, -0.25) is 4.79 Å². The van der Waals surface area contributed by atoms with E-state index >= 15 is 0 Å². The maximum Gasteiger partial charge on any atom is 0.270 e. The summed E-state index contributed by atoms with van der Waals surface area (Å²) in [6, 6.07) is 3.43. The van der Waals surface area contributed by atoms with Crippen LogP contribution in [0, 0.1) is 0 Å². The highest BCUT2D eigenvalue weighted by atomic mass is 32.1. The van der Waals surface area contributed by atoms with Gasteiger partial charge >= 0.3 is 0 Å². The average Bonchev–Trinajstić information content (AvgIpc) is 2.95. The van der Waals surface area contributed by atoms with Crippen LogP contribution in [-0.2, 0) is 0 Å². The smallest absolute Gasteiger partial charge is 0.270 e. The van der Waals surface area contributed by atoms with Crippen molar-refractivity contribution in [3.8, 4) is 10.8 Å². The molecule has 0 saturated heterocycles. The third-order valence-corrected chi connectivity index (χ3v) is 4.18. The van der Waals surface area contributed by atoms with Gasteiger partial charge in [0.2, 0.25) is 0 Å². The maximum absolute atomic E-state index is 12.0. The van der Waals surface area contributed by atoms with E-state index in [2.05, 4.69) is 15.5 Å². The number of anilines is 1. The fraction of sp³-hybridized carbons (Fsp3) is 0.214. The molecule has 0 atom stereocenters.